The van der Waals surface area contributed by atoms with E-state index in [1.807, 2.05) is 11.3 Å². The quantitative estimate of drug-likeness (QED) is 0.781. The fourth-order valence-electron chi connectivity index (χ4n) is 2.41. The Hall–Kier alpha value is -0.650. The molecule has 0 aromatic carbocycles. The van der Waals surface area contributed by atoms with Crippen LogP contribution in [-0.2, 0) is 13.0 Å². The van der Waals surface area contributed by atoms with Gasteiger partial charge in [-0.3, -0.25) is 0 Å². The number of nitrogens with two attached hydrogens (primary N) is 1. The third-order valence-electron chi connectivity index (χ3n) is 3.41. The number of anilines is 1. The van der Waals surface area contributed by atoms with E-state index in [2.05, 4.69) is 16.8 Å². The molecule has 0 radical (unpaired) electrons. The molecule has 4 nitrogen and oxygen atoms in total. The fraction of sp³-hybridized carbons (Fsp3) is 0.727. The van der Waals surface area contributed by atoms with Gasteiger partial charge in [0.15, 0.2) is 5.13 Å². The highest BCUT2D eigenvalue weighted by atomic mass is 32.1. The molecule has 0 spiro atoms. The lowest BCUT2D eigenvalue weighted by Crippen LogP contribution is -2.26. The minimum atomic E-state index is 0.337. The molecular weight excluding hydrogens is 220 g/mol. The van der Waals surface area contributed by atoms with Gasteiger partial charge in [-0.15, -0.1) is 11.3 Å². The van der Waals surface area contributed by atoms with Crippen LogP contribution >= 0.6 is 11.3 Å². The van der Waals surface area contributed by atoms with E-state index in [4.69, 9.17) is 10.7 Å². The van der Waals surface area contributed by atoms with Crippen LogP contribution in [-0.4, -0.2) is 42.6 Å². The lowest BCUT2D eigenvalue weighted by Gasteiger charge is -2.20. The Morgan fingerprint density at radius 2 is 2.31 bits per heavy atom. The summed E-state index contributed by atoms with van der Waals surface area (Å²) >= 11 is 1.86. The molecule has 2 N–H and O–H groups in total. The average molecular weight is 238 g/mol. The smallest absolute Gasteiger partial charge is 0.185 e. The summed E-state index contributed by atoms with van der Waals surface area (Å²) in [5, 5.41) is 1.19. The molecule has 2 aliphatic heterocycles. The molecule has 1 saturated heterocycles. The van der Waals surface area contributed by atoms with Gasteiger partial charge in [0.1, 0.15) is 0 Å². The maximum Gasteiger partial charge on any atom is 0.185 e. The van der Waals surface area contributed by atoms with Crippen LogP contribution in [0, 0.1) is 0 Å². The number of fused-ring (bicyclic) bond motifs is 1. The van der Waals surface area contributed by atoms with Gasteiger partial charge in [0, 0.05) is 43.5 Å². The zero-order valence-corrected chi connectivity index (χ0v) is 10.5. The van der Waals surface area contributed by atoms with Crippen molar-refractivity contribution in [1.29, 1.82) is 0 Å². The van der Waals surface area contributed by atoms with Gasteiger partial charge in [0.25, 0.3) is 0 Å². The zero-order chi connectivity index (χ0) is 11.1. The summed E-state index contributed by atoms with van der Waals surface area (Å²) in [6.07, 6.45) is 2.20. The average Bonchev–Trinajstić information content (AvgIpc) is 2.83. The van der Waals surface area contributed by atoms with Crippen LogP contribution in [0.25, 0.3) is 0 Å². The Morgan fingerprint density at radius 3 is 3.06 bits per heavy atom. The normalized spacial score (nSPS) is 26.1. The summed E-state index contributed by atoms with van der Waals surface area (Å²) in [4.78, 5) is 10.9. The fourth-order valence-corrected chi connectivity index (χ4v) is 3.63. The second-order valence-electron chi connectivity index (χ2n) is 4.85. The van der Waals surface area contributed by atoms with Crippen molar-refractivity contribution < 1.29 is 0 Å². The SMILES string of the molecule is CN1CCc2nc(N3CCC(N)C3)sc2C1. The van der Waals surface area contributed by atoms with Crippen molar-refractivity contribution in [2.45, 2.75) is 25.4 Å². The van der Waals surface area contributed by atoms with Crippen molar-refractivity contribution in [3.05, 3.63) is 10.6 Å². The van der Waals surface area contributed by atoms with Gasteiger partial charge in [0.2, 0.25) is 0 Å². The van der Waals surface area contributed by atoms with E-state index in [9.17, 15) is 0 Å². The number of hydrogen-bond acceptors (Lipinski definition) is 5. The number of likely N-dealkylation sites (N-methyl/N-ethyl adjacent to an activating group) is 1. The second kappa shape index (κ2) is 3.98. The van der Waals surface area contributed by atoms with Crippen molar-refractivity contribution in [2.24, 2.45) is 5.73 Å². The highest BCUT2D eigenvalue weighted by Crippen LogP contribution is 2.31. The second-order valence-corrected chi connectivity index (χ2v) is 5.91. The summed E-state index contributed by atoms with van der Waals surface area (Å²) in [6, 6.07) is 0.337. The van der Waals surface area contributed by atoms with Gasteiger partial charge >= 0.3 is 0 Å². The largest absolute Gasteiger partial charge is 0.346 e. The molecule has 1 fully saturated rings. The van der Waals surface area contributed by atoms with Crippen molar-refractivity contribution in [3.8, 4) is 0 Å². The first-order valence-corrected chi connectivity index (χ1v) is 6.71. The molecule has 88 valence electrons. The van der Waals surface area contributed by atoms with E-state index in [0.717, 1.165) is 39.0 Å². The van der Waals surface area contributed by atoms with E-state index in [0.29, 0.717) is 6.04 Å². The van der Waals surface area contributed by atoms with Crippen molar-refractivity contribution in [2.75, 3.05) is 31.6 Å². The predicted molar refractivity (Wildman–Crippen MR) is 67.0 cm³/mol. The number of nitrogens with zero attached hydrogens (tertiary/aromatic N) is 3. The number of rotatable bonds is 1. The summed E-state index contributed by atoms with van der Waals surface area (Å²) in [6.45, 7) is 4.24. The van der Waals surface area contributed by atoms with E-state index >= 15 is 0 Å². The van der Waals surface area contributed by atoms with Crippen LogP contribution in [0.5, 0.6) is 0 Å². The number of thiazole rings is 1. The molecule has 0 bridgehead atoms. The van der Waals surface area contributed by atoms with Crippen LogP contribution in [0.15, 0.2) is 0 Å². The molecule has 1 aromatic heterocycles. The molecule has 5 heteroatoms. The standard InChI is InChI=1S/C11H18N4S/c1-14-4-3-9-10(7-14)16-11(13-9)15-5-2-8(12)6-15/h8H,2-7,12H2,1H3. The number of hydrogen-bond donors (Lipinski definition) is 1. The Balaban J connectivity index is 1.82. The Morgan fingerprint density at radius 1 is 1.44 bits per heavy atom. The van der Waals surface area contributed by atoms with Gasteiger partial charge in [-0.2, -0.15) is 0 Å². The minimum Gasteiger partial charge on any atom is -0.346 e. The van der Waals surface area contributed by atoms with Gasteiger partial charge in [-0.05, 0) is 13.5 Å². The Bertz CT molecular complexity index is 389. The van der Waals surface area contributed by atoms with Gasteiger partial charge < -0.3 is 15.5 Å². The molecule has 3 heterocycles. The van der Waals surface area contributed by atoms with Gasteiger partial charge in [-0.1, -0.05) is 0 Å². The Kier molecular flexibility index (Phi) is 2.61. The van der Waals surface area contributed by atoms with E-state index in [-0.39, 0.29) is 0 Å². The summed E-state index contributed by atoms with van der Waals surface area (Å²) < 4.78 is 0. The molecule has 2 aliphatic rings. The van der Waals surface area contributed by atoms with Crippen LogP contribution < -0.4 is 10.6 Å². The molecule has 0 saturated carbocycles. The highest BCUT2D eigenvalue weighted by Gasteiger charge is 2.25. The van der Waals surface area contributed by atoms with Crippen LogP contribution in [0.3, 0.4) is 0 Å². The van der Waals surface area contributed by atoms with E-state index in [1.54, 1.807) is 0 Å². The van der Waals surface area contributed by atoms with Gasteiger partial charge in [0.05, 0.1) is 5.69 Å². The van der Waals surface area contributed by atoms with Crippen molar-refractivity contribution in [3.63, 3.8) is 0 Å². The minimum absolute atomic E-state index is 0.337. The summed E-state index contributed by atoms with van der Waals surface area (Å²) in [5.74, 6) is 0. The maximum atomic E-state index is 5.93. The molecule has 1 atom stereocenters. The third kappa shape index (κ3) is 1.83. The van der Waals surface area contributed by atoms with Gasteiger partial charge in [-0.25, -0.2) is 4.98 Å². The van der Waals surface area contributed by atoms with Crippen molar-refractivity contribution >= 4 is 16.5 Å². The lowest BCUT2D eigenvalue weighted by molar-refractivity contribution is 0.314. The molecule has 3 rings (SSSR count). The van der Waals surface area contributed by atoms with E-state index < -0.39 is 0 Å². The molecule has 0 amide bonds. The van der Waals surface area contributed by atoms with Crippen LogP contribution in [0.2, 0.25) is 0 Å². The summed E-state index contributed by atoms with van der Waals surface area (Å²) in [5.41, 5.74) is 7.25. The van der Waals surface area contributed by atoms with E-state index in [1.165, 1.54) is 15.7 Å². The maximum absolute atomic E-state index is 5.93. The molecule has 1 aromatic rings. The first-order valence-electron chi connectivity index (χ1n) is 5.90. The molecule has 16 heavy (non-hydrogen) atoms. The first-order chi connectivity index (χ1) is 7.72. The Labute approximate surface area is 100 Å². The van der Waals surface area contributed by atoms with Crippen LogP contribution in [0.4, 0.5) is 5.13 Å². The third-order valence-corrected chi connectivity index (χ3v) is 4.55. The molecule has 0 aliphatic carbocycles. The molecule has 1 unspecified atom stereocenters. The van der Waals surface area contributed by atoms with Crippen molar-refractivity contribution in [1.82, 2.24) is 9.88 Å². The summed E-state index contributed by atoms with van der Waals surface area (Å²) in [7, 11) is 2.17. The predicted octanol–water partition coefficient (Wildman–Crippen LogP) is 0.668. The number of aromatic nitrogens is 1. The first kappa shape index (κ1) is 10.5. The van der Waals surface area contributed by atoms with Crippen LogP contribution in [0.1, 0.15) is 17.0 Å². The zero-order valence-electron chi connectivity index (χ0n) is 9.65. The topological polar surface area (TPSA) is 45.4 Å². The lowest BCUT2D eigenvalue weighted by atomic mass is 10.2. The highest BCUT2D eigenvalue weighted by molar-refractivity contribution is 7.15. The molecular formula is C11H18N4S. The monoisotopic (exact) mass is 238 g/mol.